The van der Waals surface area contributed by atoms with Gasteiger partial charge in [0.05, 0.1) is 5.69 Å². The van der Waals surface area contributed by atoms with E-state index in [0.29, 0.717) is 17.8 Å². The summed E-state index contributed by atoms with van der Waals surface area (Å²) in [6.45, 7) is 0. The Kier molecular flexibility index (Phi) is 3.41. The van der Waals surface area contributed by atoms with Crippen molar-refractivity contribution >= 4 is 11.7 Å². The van der Waals surface area contributed by atoms with Crippen LogP contribution in [0.5, 0.6) is 0 Å². The van der Waals surface area contributed by atoms with E-state index < -0.39 is 5.97 Å². The molecule has 1 aromatic rings. The van der Waals surface area contributed by atoms with Crippen LogP contribution in [0.2, 0.25) is 0 Å². The Labute approximate surface area is 81.7 Å². The number of aromatic nitrogens is 1. The van der Waals surface area contributed by atoms with Crippen LogP contribution in [0.4, 0.5) is 5.69 Å². The first-order chi connectivity index (χ1) is 6.59. The van der Waals surface area contributed by atoms with Crippen molar-refractivity contribution in [2.24, 2.45) is 5.73 Å². The summed E-state index contributed by atoms with van der Waals surface area (Å²) >= 11 is 0. The van der Waals surface area contributed by atoms with Crippen LogP contribution in [0, 0.1) is 0 Å². The van der Waals surface area contributed by atoms with Crippen molar-refractivity contribution in [3.05, 3.63) is 24.0 Å². The lowest BCUT2D eigenvalue weighted by Gasteiger charge is -2.09. The number of nitrogen functional groups attached to an aromatic ring is 1. The predicted octanol–water partition coefficient (Wildman–Crippen LogP) is 0.528. The Morgan fingerprint density at radius 3 is 2.93 bits per heavy atom. The van der Waals surface area contributed by atoms with Gasteiger partial charge in [0.1, 0.15) is 0 Å². The van der Waals surface area contributed by atoms with Gasteiger partial charge < -0.3 is 16.6 Å². The number of rotatable bonds is 4. The van der Waals surface area contributed by atoms with E-state index in [9.17, 15) is 4.79 Å². The highest BCUT2D eigenvalue weighted by atomic mass is 16.4. The molecule has 0 fully saturated rings. The van der Waals surface area contributed by atoms with Crippen LogP contribution in [-0.4, -0.2) is 16.1 Å². The smallest absolute Gasteiger partial charge is 0.303 e. The molecule has 1 heterocycles. The minimum atomic E-state index is -0.857. The van der Waals surface area contributed by atoms with Gasteiger partial charge in [-0.15, -0.1) is 0 Å². The molecular weight excluding hydrogens is 182 g/mol. The van der Waals surface area contributed by atoms with E-state index in [1.54, 1.807) is 18.3 Å². The maximum atomic E-state index is 10.3. The van der Waals surface area contributed by atoms with Crippen LogP contribution in [0.3, 0.4) is 0 Å². The molecule has 0 spiro atoms. The summed E-state index contributed by atoms with van der Waals surface area (Å²) in [5, 5.41) is 8.46. The number of carboxylic acids is 1. The molecule has 0 saturated carbocycles. The van der Waals surface area contributed by atoms with Crippen molar-refractivity contribution in [1.82, 2.24) is 4.98 Å². The average Bonchev–Trinajstić information content (AvgIpc) is 2.14. The molecule has 1 aromatic heterocycles. The van der Waals surface area contributed by atoms with E-state index in [-0.39, 0.29) is 12.5 Å². The van der Waals surface area contributed by atoms with E-state index >= 15 is 0 Å². The quantitative estimate of drug-likeness (QED) is 0.650. The SMILES string of the molecule is Nc1ccnc([C@@H](N)CCC(=O)O)c1. The zero-order chi connectivity index (χ0) is 10.6. The normalized spacial score (nSPS) is 12.4. The fraction of sp³-hybridized carbons (Fsp3) is 0.333. The number of hydrogen-bond donors (Lipinski definition) is 3. The lowest BCUT2D eigenvalue weighted by atomic mass is 10.1. The van der Waals surface area contributed by atoms with Crippen molar-refractivity contribution in [3.63, 3.8) is 0 Å². The monoisotopic (exact) mass is 195 g/mol. The zero-order valence-corrected chi connectivity index (χ0v) is 7.68. The second-order valence-electron chi connectivity index (χ2n) is 3.05. The number of nitrogens with zero attached hydrogens (tertiary/aromatic N) is 1. The Morgan fingerprint density at radius 1 is 1.64 bits per heavy atom. The molecule has 0 radical (unpaired) electrons. The Balaban J connectivity index is 2.60. The molecular formula is C9H13N3O2. The van der Waals surface area contributed by atoms with Crippen molar-refractivity contribution in [1.29, 1.82) is 0 Å². The molecule has 5 heteroatoms. The number of pyridine rings is 1. The van der Waals surface area contributed by atoms with Gasteiger partial charge in [0, 0.05) is 24.3 Å². The fourth-order valence-corrected chi connectivity index (χ4v) is 1.10. The molecule has 5 N–H and O–H groups in total. The fourth-order valence-electron chi connectivity index (χ4n) is 1.10. The lowest BCUT2D eigenvalue weighted by Crippen LogP contribution is -2.14. The molecule has 0 aliphatic carbocycles. The molecule has 1 rings (SSSR count). The molecule has 14 heavy (non-hydrogen) atoms. The van der Waals surface area contributed by atoms with Gasteiger partial charge >= 0.3 is 5.97 Å². The number of hydrogen-bond acceptors (Lipinski definition) is 4. The van der Waals surface area contributed by atoms with Gasteiger partial charge in [-0.3, -0.25) is 9.78 Å². The van der Waals surface area contributed by atoms with E-state index in [2.05, 4.69) is 4.98 Å². The minimum Gasteiger partial charge on any atom is -0.481 e. The third-order valence-electron chi connectivity index (χ3n) is 1.85. The van der Waals surface area contributed by atoms with E-state index in [4.69, 9.17) is 16.6 Å². The van der Waals surface area contributed by atoms with Gasteiger partial charge in [0.15, 0.2) is 0 Å². The molecule has 0 aromatic carbocycles. The van der Waals surface area contributed by atoms with Gasteiger partial charge in [0.25, 0.3) is 0 Å². The zero-order valence-electron chi connectivity index (χ0n) is 7.68. The minimum absolute atomic E-state index is 0.0393. The molecule has 1 atom stereocenters. The van der Waals surface area contributed by atoms with E-state index in [0.717, 1.165) is 0 Å². The summed E-state index contributed by atoms with van der Waals surface area (Å²) in [7, 11) is 0. The third-order valence-corrected chi connectivity index (χ3v) is 1.85. The number of anilines is 1. The largest absolute Gasteiger partial charge is 0.481 e. The van der Waals surface area contributed by atoms with Crippen LogP contribution in [-0.2, 0) is 4.79 Å². The molecule has 0 amide bonds. The molecule has 5 nitrogen and oxygen atoms in total. The Hall–Kier alpha value is -1.62. The van der Waals surface area contributed by atoms with E-state index in [1.165, 1.54) is 0 Å². The third kappa shape index (κ3) is 3.02. The molecule has 76 valence electrons. The average molecular weight is 195 g/mol. The molecule has 0 aliphatic heterocycles. The number of aliphatic carboxylic acids is 1. The molecule has 0 saturated heterocycles. The van der Waals surface area contributed by atoms with Crippen LogP contribution < -0.4 is 11.5 Å². The molecule has 0 aliphatic rings. The molecule has 0 bridgehead atoms. The van der Waals surface area contributed by atoms with Crippen LogP contribution in [0.25, 0.3) is 0 Å². The first-order valence-electron chi connectivity index (χ1n) is 4.28. The van der Waals surface area contributed by atoms with Gasteiger partial charge in [-0.2, -0.15) is 0 Å². The Morgan fingerprint density at radius 2 is 2.36 bits per heavy atom. The second-order valence-corrected chi connectivity index (χ2v) is 3.05. The van der Waals surface area contributed by atoms with Crippen molar-refractivity contribution in [3.8, 4) is 0 Å². The van der Waals surface area contributed by atoms with Crippen LogP contribution in [0.1, 0.15) is 24.6 Å². The van der Waals surface area contributed by atoms with Gasteiger partial charge in [-0.05, 0) is 18.6 Å². The van der Waals surface area contributed by atoms with Crippen LogP contribution >= 0.6 is 0 Å². The lowest BCUT2D eigenvalue weighted by molar-refractivity contribution is -0.137. The summed E-state index contributed by atoms with van der Waals surface area (Å²) in [6.07, 6.45) is 1.97. The van der Waals surface area contributed by atoms with Crippen molar-refractivity contribution < 1.29 is 9.90 Å². The highest BCUT2D eigenvalue weighted by Gasteiger charge is 2.09. The van der Waals surface area contributed by atoms with Crippen molar-refractivity contribution in [2.45, 2.75) is 18.9 Å². The summed E-state index contributed by atoms with van der Waals surface area (Å²) < 4.78 is 0. The Bertz CT molecular complexity index is 328. The number of carbonyl (C=O) groups is 1. The van der Waals surface area contributed by atoms with Gasteiger partial charge in [-0.25, -0.2) is 0 Å². The highest BCUT2D eigenvalue weighted by Crippen LogP contribution is 2.15. The summed E-state index contributed by atoms with van der Waals surface area (Å²) in [4.78, 5) is 14.3. The van der Waals surface area contributed by atoms with Gasteiger partial charge in [0.2, 0.25) is 0 Å². The van der Waals surface area contributed by atoms with Crippen LogP contribution in [0.15, 0.2) is 18.3 Å². The van der Waals surface area contributed by atoms with Crippen molar-refractivity contribution in [2.75, 3.05) is 5.73 Å². The number of carboxylic acid groups (broad SMARTS) is 1. The maximum Gasteiger partial charge on any atom is 0.303 e. The summed E-state index contributed by atoms with van der Waals surface area (Å²) in [5.74, 6) is -0.857. The first kappa shape index (κ1) is 10.5. The maximum absolute atomic E-state index is 10.3. The van der Waals surface area contributed by atoms with Gasteiger partial charge in [-0.1, -0.05) is 0 Å². The highest BCUT2D eigenvalue weighted by molar-refractivity contribution is 5.66. The summed E-state index contributed by atoms with van der Waals surface area (Å²) in [5.41, 5.74) is 12.5. The predicted molar refractivity (Wildman–Crippen MR) is 52.4 cm³/mol. The molecule has 0 unspecified atom stereocenters. The summed E-state index contributed by atoms with van der Waals surface area (Å²) in [6, 6.07) is 2.95. The topological polar surface area (TPSA) is 102 Å². The number of nitrogens with two attached hydrogens (primary N) is 2. The second kappa shape index (κ2) is 4.57. The first-order valence-corrected chi connectivity index (χ1v) is 4.28. The van der Waals surface area contributed by atoms with E-state index in [1.807, 2.05) is 0 Å². The standard InChI is InChI=1S/C9H13N3O2/c10-6-3-4-12-8(5-6)7(11)1-2-9(13)14/h3-5,7H,1-2,11H2,(H2,10,12)(H,13,14)/t7-/m0/s1.